The quantitative estimate of drug-likeness (QED) is 0.737. The number of carbonyl (C=O) groups is 2. The molecule has 2 rings (SSSR count). The molecule has 0 aliphatic carbocycles. The van der Waals surface area contributed by atoms with Gasteiger partial charge in [0.1, 0.15) is 5.76 Å². The molecule has 26 heavy (non-hydrogen) atoms. The molecule has 0 radical (unpaired) electrons. The lowest BCUT2D eigenvalue weighted by Crippen LogP contribution is -2.34. The Labute approximate surface area is 158 Å². The van der Waals surface area contributed by atoms with Crippen LogP contribution in [-0.4, -0.2) is 28.0 Å². The molecule has 0 bridgehead atoms. The van der Waals surface area contributed by atoms with Crippen molar-refractivity contribution in [2.75, 3.05) is 11.1 Å². The molecule has 0 aliphatic heterocycles. The van der Waals surface area contributed by atoms with Crippen LogP contribution in [0, 0.1) is 12.8 Å². The van der Waals surface area contributed by atoms with Crippen LogP contribution in [-0.2, 0) is 9.59 Å². The summed E-state index contributed by atoms with van der Waals surface area (Å²) in [7, 11) is 0. The molecule has 0 spiro atoms. The minimum absolute atomic E-state index is 0.0495. The van der Waals surface area contributed by atoms with Crippen LogP contribution in [0.4, 0.5) is 5.82 Å². The number of anilines is 1. The summed E-state index contributed by atoms with van der Waals surface area (Å²) in [4.78, 5) is 24.5. The maximum atomic E-state index is 12.3. The molecule has 140 valence electrons. The van der Waals surface area contributed by atoms with Crippen LogP contribution in [0.3, 0.4) is 0 Å². The number of aromatic nitrogens is 1. The third-order valence-electron chi connectivity index (χ3n) is 3.85. The SMILES string of the molecule is Cc1cc(NC(=O)C(C)SCC(=O)NC(c2ccccc2)C(C)C)no1. The van der Waals surface area contributed by atoms with Gasteiger partial charge >= 0.3 is 0 Å². The lowest BCUT2D eigenvalue weighted by atomic mass is 9.96. The highest BCUT2D eigenvalue weighted by Crippen LogP contribution is 2.22. The lowest BCUT2D eigenvalue weighted by Gasteiger charge is -2.23. The average Bonchev–Trinajstić information content (AvgIpc) is 3.02. The second-order valence-electron chi connectivity index (χ2n) is 6.47. The van der Waals surface area contributed by atoms with Crippen molar-refractivity contribution in [3.63, 3.8) is 0 Å². The lowest BCUT2D eigenvalue weighted by molar-refractivity contribution is -0.119. The molecule has 1 aromatic carbocycles. The van der Waals surface area contributed by atoms with Gasteiger partial charge in [-0.2, -0.15) is 0 Å². The van der Waals surface area contributed by atoms with Gasteiger partial charge in [-0.3, -0.25) is 9.59 Å². The van der Waals surface area contributed by atoms with Gasteiger partial charge in [0.2, 0.25) is 11.8 Å². The van der Waals surface area contributed by atoms with Crippen LogP contribution in [0.2, 0.25) is 0 Å². The molecule has 0 fully saturated rings. The Morgan fingerprint density at radius 1 is 1.19 bits per heavy atom. The minimum atomic E-state index is -0.382. The summed E-state index contributed by atoms with van der Waals surface area (Å²) in [6.45, 7) is 7.66. The van der Waals surface area contributed by atoms with E-state index in [0.29, 0.717) is 11.6 Å². The fourth-order valence-corrected chi connectivity index (χ4v) is 3.13. The number of carbonyl (C=O) groups excluding carboxylic acids is 2. The summed E-state index contributed by atoms with van der Waals surface area (Å²) >= 11 is 1.29. The fraction of sp³-hybridized carbons (Fsp3) is 0.421. The number of rotatable bonds is 8. The molecule has 2 unspecified atom stereocenters. The monoisotopic (exact) mass is 375 g/mol. The van der Waals surface area contributed by atoms with Crippen LogP contribution in [0.5, 0.6) is 0 Å². The third-order valence-corrected chi connectivity index (χ3v) is 5.00. The highest BCUT2D eigenvalue weighted by molar-refractivity contribution is 8.01. The topological polar surface area (TPSA) is 84.2 Å². The summed E-state index contributed by atoms with van der Waals surface area (Å²) in [6, 6.07) is 11.5. The van der Waals surface area contributed by atoms with Crippen molar-refractivity contribution < 1.29 is 14.1 Å². The Hall–Kier alpha value is -2.28. The fourth-order valence-electron chi connectivity index (χ4n) is 2.44. The largest absolute Gasteiger partial charge is 0.360 e. The van der Waals surface area contributed by atoms with Crippen molar-refractivity contribution >= 4 is 29.4 Å². The van der Waals surface area contributed by atoms with E-state index < -0.39 is 0 Å². The molecule has 6 nitrogen and oxygen atoms in total. The highest BCUT2D eigenvalue weighted by Gasteiger charge is 2.20. The van der Waals surface area contributed by atoms with Gasteiger partial charge < -0.3 is 15.2 Å². The van der Waals surface area contributed by atoms with E-state index in [1.165, 1.54) is 11.8 Å². The standard InChI is InChI=1S/C19H25N3O3S/c1-12(2)18(15-8-6-5-7-9-15)21-17(23)11-26-14(4)19(24)20-16-10-13(3)25-22-16/h5-10,12,14,18H,11H2,1-4H3,(H,21,23)(H,20,22,24). The number of benzene rings is 1. The molecular weight excluding hydrogens is 350 g/mol. The number of nitrogens with one attached hydrogen (secondary N) is 2. The van der Waals surface area contributed by atoms with Gasteiger partial charge in [0.25, 0.3) is 0 Å². The van der Waals surface area contributed by atoms with E-state index >= 15 is 0 Å². The zero-order valence-electron chi connectivity index (χ0n) is 15.5. The van der Waals surface area contributed by atoms with E-state index in [9.17, 15) is 9.59 Å². The summed E-state index contributed by atoms with van der Waals surface area (Å²) in [5, 5.41) is 9.08. The second-order valence-corrected chi connectivity index (χ2v) is 7.79. The molecule has 7 heteroatoms. The van der Waals surface area contributed by atoms with Gasteiger partial charge in [-0.15, -0.1) is 11.8 Å². The predicted molar refractivity (Wildman–Crippen MR) is 104 cm³/mol. The number of amides is 2. The van der Waals surface area contributed by atoms with Crippen molar-refractivity contribution in [1.29, 1.82) is 0 Å². The molecule has 2 N–H and O–H groups in total. The van der Waals surface area contributed by atoms with E-state index in [-0.39, 0.29) is 34.8 Å². The minimum Gasteiger partial charge on any atom is -0.360 e. The van der Waals surface area contributed by atoms with Gasteiger partial charge in [0.15, 0.2) is 5.82 Å². The molecule has 0 saturated heterocycles. The van der Waals surface area contributed by atoms with Crippen molar-refractivity contribution in [2.45, 2.75) is 39.0 Å². The molecule has 2 amide bonds. The molecule has 2 aromatic rings. The Kier molecular flexibility index (Phi) is 7.26. The van der Waals surface area contributed by atoms with Crippen LogP contribution in [0.15, 0.2) is 40.9 Å². The van der Waals surface area contributed by atoms with Crippen molar-refractivity contribution in [3.05, 3.63) is 47.7 Å². The number of hydrogen-bond acceptors (Lipinski definition) is 5. The molecular formula is C19H25N3O3S. The van der Waals surface area contributed by atoms with Crippen LogP contribution in [0.25, 0.3) is 0 Å². The first-order valence-corrected chi connectivity index (χ1v) is 9.61. The number of thioether (sulfide) groups is 1. The Morgan fingerprint density at radius 2 is 1.88 bits per heavy atom. The average molecular weight is 375 g/mol. The van der Waals surface area contributed by atoms with E-state index in [2.05, 4.69) is 29.6 Å². The van der Waals surface area contributed by atoms with Crippen LogP contribution < -0.4 is 10.6 Å². The Balaban J connectivity index is 1.83. The molecule has 1 aromatic heterocycles. The molecule has 0 aliphatic rings. The Bertz CT molecular complexity index is 731. The molecule has 2 atom stereocenters. The maximum Gasteiger partial charge on any atom is 0.238 e. The first-order chi connectivity index (χ1) is 12.4. The Morgan fingerprint density at radius 3 is 2.46 bits per heavy atom. The van der Waals surface area contributed by atoms with E-state index in [4.69, 9.17) is 4.52 Å². The van der Waals surface area contributed by atoms with Gasteiger partial charge in [-0.25, -0.2) is 0 Å². The summed E-state index contributed by atoms with van der Waals surface area (Å²) in [6.07, 6.45) is 0. The van der Waals surface area contributed by atoms with Crippen molar-refractivity contribution in [1.82, 2.24) is 10.5 Å². The summed E-state index contributed by atoms with van der Waals surface area (Å²) in [5.41, 5.74) is 1.08. The number of nitrogens with zero attached hydrogens (tertiary/aromatic N) is 1. The normalized spacial score (nSPS) is 13.3. The van der Waals surface area contributed by atoms with Gasteiger partial charge in [-0.05, 0) is 25.3 Å². The van der Waals surface area contributed by atoms with E-state index in [0.717, 1.165) is 5.56 Å². The zero-order chi connectivity index (χ0) is 19.1. The van der Waals surface area contributed by atoms with E-state index in [1.54, 1.807) is 19.9 Å². The van der Waals surface area contributed by atoms with Gasteiger partial charge in [0, 0.05) is 6.07 Å². The maximum absolute atomic E-state index is 12.3. The predicted octanol–water partition coefficient (Wildman–Crippen LogP) is 3.56. The summed E-state index contributed by atoms with van der Waals surface area (Å²) < 4.78 is 4.92. The van der Waals surface area contributed by atoms with Crippen LogP contribution >= 0.6 is 11.8 Å². The highest BCUT2D eigenvalue weighted by atomic mass is 32.2. The smallest absolute Gasteiger partial charge is 0.238 e. The number of aryl methyl sites for hydroxylation is 1. The second kappa shape index (κ2) is 9.43. The van der Waals surface area contributed by atoms with Gasteiger partial charge in [-0.1, -0.05) is 49.3 Å². The first-order valence-electron chi connectivity index (χ1n) is 8.57. The van der Waals surface area contributed by atoms with Crippen molar-refractivity contribution in [2.24, 2.45) is 5.92 Å². The molecule has 1 heterocycles. The zero-order valence-corrected chi connectivity index (χ0v) is 16.3. The van der Waals surface area contributed by atoms with Gasteiger partial charge in [0.05, 0.1) is 17.0 Å². The third kappa shape index (κ3) is 5.91. The van der Waals surface area contributed by atoms with E-state index in [1.807, 2.05) is 30.3 Å². The molecule has 0 saturated carbocycles. The van der Waals surface area contributed by atoms with Crippen LogP contribution in [0.1, 0.15) is 38.1 Å². The number of hydrogen-bond donors (Lipinski definition) is 2. The van der Waals surface area contributed by atoms with Crippen molar-refractivity contribution in [3.8, 4) is 0 Å². The summed E-state index contributed by atoms with van der Waals surface area (Å²) in [5.74, 6) is 1.19. The first kappa shape index (κ1) is 20.0.